The number of fused-ring (bicyclic) bond motifs is 1. The summed E-state index contributed by atoms with van der Waals surface area (Å²) in [5, 5.41) is 0.877. The third kappa shape index (κ3) is 5.54. The molecule has 7 nitrogen and oxygen atoms in total. The molecule has 1 aliphatic heterocycles. The molecule has 1 aliphatic rings. The number of hydrogen-bond acceptors (Lipinski definition) is 7. The van der Waals surface area contributed by atoms with E-state index in [9.17, 15) is 0 Å². The van der Waals surface area contributed by atoms with Crippen LogP contribution < -0.4 is 9.47 Å². The Labute approximate surface area is 188 Å². The molecule has 0 atom stereocenters. The number of rotatable bonds is 9. The van der Waals surface area contributed by atoms with Gasteiger partial charge in [-0.3, -0.25) is 4.90 Å². The Morgan fingerprint density at radius 2 is 1.88 bits per heavy atom. The molecule has 1 saturated heterocycles. The van der Waals surface area contributed by atoms with Crippen molar-refractivity contribution in [1.82, 2.24) is 14.9 Å². The summed E-state index contributed by atoms with van der Waals surface area (Å²) in [7, 11) is 1.65. The van der Waals surface area contributed by atoms with Gasteiger partial charge in [-0.1, -0.05) is 18.1 Å². The van der Waals surface area contributed by atoms with E-state index in [-0.39, 0.29) is 0 Å². The summed E-state index contributed by atoms with van der Waals surface area (Å²) in [5.41, 5.74) is 2.43. The maximum Gasteiger partial charge on any atom is 0.163 e. The number of benzene rings is 2. The van der Waals surface area contributed by atoms with Crippen molar-refractivity contribution in [3.05, 3.63) is 48.2 Å². The zero-order valence-electron chi connectivity index (χ0n) is 18.3. The quantitative estimate of drug-likeness (QED) is 0.380. The highest BCUT2D eigenvalue weighted by molar-refractivity contribution is 5.83. The van der Waals surface area contributed by atoms with Gasteiger partial charge in [0.25, 0.3) is 0 Å². The summed E-state index contributed by atoms with van der Waals surface area (Å²) in [6, 6.07) is 11.5. The van der Waals surface area contributed by atoms with Gasteiger partial charge in [0.1, 0.15) is 13.2 Å². The van der Waals surface area contributed by atoms with Crippen molar-refractivity contribution in [1.29, 1.82) is 0 Å². The average molecular weight is 434 g/mol. The number of ether oxygens (including phenoxy) is 4. The van der Waals surface area contributed by atoms with Crippen molar-refractivity contribution in [3.8, 4) is 35.2 Å². The van der Waals surface area contributed by atoms with E-state index in [1.807, 2.05) is 36.4 Å². The molecule has 0 unspecified atom stereocenters. The molecule has 0 radical (unpaired) electrons. The molecule has 166 valence electrons. The van der Waals surface area contributed by atoms with Gasteiger partial charge in [-0.05, 0) is 18.2 Å². The van der Waals surface area contributed by atoms with Gasteiger partial charge >= 0.3 is 0 Å². The molecular formula is C25H27N3O4. The Kier molecular flexibility index (Phi) is 7.51. The fourth-order valence-electron chi connectivity index (χ4n) is 3.50. The van der Waals surface area contributed by atoms with Gasteiger partial charge in [0.15, 0.2) is 17.3 Å². The number of aromatic nitrogens is 2. The maximum absolute atomic E-state index is 6.10. The molecule has 1 aromatic heterocycles. The van der Waals surface area contributed by atoms with Crippen molar-refractivity contribution in [2.24, 2.45) is 0 Å². The van der Waals surface area contributed by atoms with E-state index in [0.717, 1.165) is 54.9 Å². The number of methoxy groups -OCH3 is 1. The van der Waals surface area contributed by atoms with Gasteiger partial charge in [0.05, 0.1) is 25.3 Å². The Bertz CT molecular complexity index is 1090. The van der Waals surface area contributed by atoms with Crippen LogP contribution in [0.5, 0.6) is 11.5 Å². The van der Waals surface area contributed by atoms with E-state index in [1.165, 1.54) is 0 Å². The van der Waals surface area contributed by atoms with Gasteiger partial charge < -0.3 is 18.9 Å². The van der Waals surface area contributed by atoms with Crippen molar-refractivity contribution in [2.45, 2.75) is 0 Å². The summed E-state index contributed by atoms with van der Waals surface area (Å²) in [6.45, 7) is 5.69. The fraction of sp³-hybridized carbons (Fsp3) is 0.360. The topological polar surface area (TPSA) is 65.9 Å². The van der Waals surface area contributed by atoms with Crippen LogP contribution in [0.1, 0.15) is 5.56 Å². The van der Waals surface area contributed by atoms with E-state index in [4.69, 9.17) is 30.4 Å². The fourth-order valence-corrected chi connectivity index (χ4v) is 3.50. The van der Waals surface area contributed by atoms with Crippen LogP contribution in [0.4, 0.5) is 0 Å². The average Bonchev–Trinajstić information content (AvgIpc) is 2.84. The molecule has 1 fully saturated rings. The first kappa shape index (κ1) is 22.0. The van der Waals surface area contributed by atoms with Gasteiger partial charge in [-0.2, -0.15) is 0 Å². The van der Waals surface area contributed by atoms with Crippen LogP contribution >= 0.6 is 0 Å². The molecular weight excluding hydrogens is 406 g/mol. The minimum absolute atomic E-state index is 0.421. The van der Waals surface area contributed by atoms with Crippen LogP contribution in [0.3, 0.4) is 0 Å². The number of morpholine rings is 1. The molecule has 0 N–H and O–H groups in total. The van der Waals surface area contributed by atoms with Gasteiger partial charge in [-0.15, -0.1) is 6.42 Å². The lowest BCUT2D eigenvalue weighted by atomic mass is 10.1. The first-order valence-corrected chi connectivity index (χ1v) is 10.7. The lowest BCUT2D eigenvalue weighted by Gasteiger charge is -2.26. The minimum atomic E-state index is 0.421. The molecule has 2 heterocycles. The van der Waals surface area contributed by atoms with Crippen molar-refractivity contribution >= 4 is 10.9 Å². The molecule has 3 aromatic rings. The van der Waals surface area contributed by atoms with Crippen molar-refractivity contribution in [2.75, 3.05) is 59.8 Å². The highest BCUT2D eigenvalue weighted by Crippen LogP contribution is 2.32. The van der Waals surface area contributed by atoms with E-state index in [0.29, 0.717) is 37.1 Å². The molecule has 32 heavy (non-hydrogen) atoms. The first-order chi connectivity index (χ1) is 15.8. The Balaban J connectivity index is 1.57. The second-order valence-corrected chi connectivity index (χ2v) is 7.42. The van der Waals surface area contributed by atoms with Crippen LogP contribution in [0.2, 0.25) is 0 Å². The van der Waals surface area contributed by atoms with Gasteiger partial charge in [-0.25, -0.2) is 9.97 Å². The molecule has 7 heteroatoms. The van der Waals surface area contributed by atoms with Crippen LogP contribution in [-0.4, -0.2) is 74.6 Å². The SMILES string of the molecule is C#Cc1cccc(-c2ncc3cc(OCCN4CCOCC4)c(OCCOC)cc3n2)c1. The summed E-state index contributed by atoms with van der Waals surface area (Å²) in [6.07, 6.45) is 7.33. The summed E-state index contributed by atoms with van der Waals surface area (Å²) in [4.78, 5) is 11.6. The molecule has 0 saturated carbocycles. The molecule has 0 bridgehead atoms. The standard InChI is InChI=1S/C25H27N3O4/c1-3-19-5-4-6-20(15-19)25-26-18-21-16-23(31-12-9-28-7-10-30-11-8-28)24(17-22(21)27-25)32-14-13-29-2/h1,4-6,15-18H,7-14H2,2H3. The van der Waals surface area contributed by atoms with E-state index >= 15 is 0 Å². The third-order valence-electron chi connectivity index (χ3n) is 5.25. The Hall–Kier alpha value is -3.18. The highest BCUT2D eigenvalue weighted by Gasteiger charge is 2.14. The Morgan fingerprint density at radius 3 is 2.69 bits per heavy atom. The second-order valence-electron chi connectivity index (χ2n) is 7.42. The maximum atomic E-state index is 6.10. The highest BCUT2D eigenvalue weighted by atomic mass is 16.5. The second kappa shape index (κ2) is 10.9. The molecule has 4 rings (SSSR count). The summed E-state index contributed by atoms with van der Waals surface area (Å²) >= 11 is 0. The van der Waals surface area contributed by atoms with Crippen LogP contribution in [0, 0.1) is 12.3 Å². The van der Waals surface area contributed by atoms with Gasteiger partial charge in [0.2, 0.25) is 0 Å². The predicted molar refractivity (Wildman–Crippen MR) is 123 cm³/mol. The predicted octanol–water partition coefficient (Wildman–Crippen LogP) is 3.01. The molecule has 0 aliphatic carbocycles. The van der Waals surface area contributed by atoms with E-state index in [1.54, 1.807) is 13.3 Å². The molecule has 2 aromatic carbocycles. The summed E-state index contributed by atoms with van der Waals surface area (Å²) in [5.74, 6) is 4.57. The number of hydrogen-bond donors (Lipinski definition) is 0. The third-order valence-corrected chi connectivity index (χ3v) is 5.25. The minimum Gasteiger partial charge on any atom is -0.488 e. The van der Waals surface area contributed by atoms with Crippen molar-refractivity contribution in [3.63, 3.8) is 0 Å². The largest absolute Gasteiger partial charge is 0.488 e. The summed E-state index contributed by atoms with van der Waals surface area (Å²) < 4.78 is 22.6. The number of nitrogens with zero attached hydrogens (tertiary/aromatic N) is 3. The zero-order valence-corrected chi connectivity index (χ0v) is 18.3. The normalized spacial score (nSPS) is 14.2. The first-order valence-electron chi connectivity index (χ1n) is 10.7. The lowest BCUT2D eigenvalue weighted by Crippen LogP contribution is -2.38. The van der Waals surface area contributed by atoms with E-state index in [2.05, 4.69) is 15.8 Å². The number of terminal acetylenes is 1. The Morgan fingerprint density at radius 1 is 1.06 bits per heavy atom. The van der Waals surface area contributed by atoms with E-state index < -0.39 is 0 Å². The molecule has 0 spiro atoms. The smallest absolute Gasteiger partial charge is 0.163 e. The monoisotopic (exact) mass is 433 g/mol. The van der Waals surface area contributed by atoms with Crippen molar-refractivity contribution < 1.29 is 18.9 Å². The van der Waals surface area contributed by atoms with Crippen LogP contribution in [0.25, 0.3) is 22.3 Å². The lowest BCUT2D eigenvalue weighted by molar-refractivity contribution is 0.0320. The van der Waals surface area contributed by atoms with Crippen LogP contribution in [-0.2, 0) is 9.47 Å². The van der Waals surface area contributed by atoms with Crippen LogP contribution in [0.15, 0.2) is 42.6 Å². The zero-order chi connectivity index (χ0) is 22.2. The molecule has 0 amide bonds. The van der Waals surface area contributed by atoms with Gasteiger partial charge in [0, 0.05) is 55.5 Å².